The molecular weight excluding hydrogens is 229 g/mol. The molecule has 0 aliphatic rings. The van der Waals surface area contributed by atoms with Crippen LogP contribution >= 0.6 is 0 Å². The van der Waals surface area contributed by atoms with Crippen molar-refractivity contribution in [2.45, 2.75) is 12.8 Å². The number of carbonyl (C=O) groups excluding carboxylic acids is 2. The van der Waals surface area contributed by atoms with Gasteiger partial charge in [-0.05, 0) is 12.8 Å². The van der Waals surface area contributed by atoms with E-state index in [1.54, 1.807) is 0 Å². The molecule has 0 spiro atoms. The Kier molecular flexibility index (Phi) is 19.8. The predicted octanol–water partition coefficient (Wildman–Crippen LogP) is -3.83. The third-order valence-electron chi connectivity index (χ3n) is 0.700. The molecule has 7 heteroatoms. The molecular formula is C6H12N2O4Zn. The summed E-state index contributed by atoms with van der Waals surface area (Å²) in [5, 5.41) is 19.0. The van der Waals surface area contributed by atoms with Gasteiger partial charge in [-0.3, -0.25) is 0 Å². The fourth-order valence-corrected chi connectivity index (χ4v) is 0.204. The van der Waals surface area contributed by atoms with Crippen LogP contribution < -0.4 is 21.7 Å². The van der Waals surface area contributed by atoms with Gasteiger partial charge in [0.1, 0.15) is 0 Å². The average Bonchev–Trinajstić information content (AvgIpc) is 2.01. The van der Waals surface area contributed by atoms with E-state index in [9.17, 15) is 19.8 Å². The van der Waals surface area contributed by atoms with Gasteiger partial charge in [0.15, 0.2) is 0 Å². The Morgan fingerprint density at radius 1 is 0.923 bits per heavy atom. The van der Waals surface area contributed by atoms with Crippen molar-refractivity contribution in [2.75, 3.05) is 13.1 Å². The number of nitrogens with two attached hydrogens (primary N) is 2. The molecule has 6 nitrogen and oxygen atoms in total. The first-order valence-corrected chi connectivity index (χ1v) is 3.34. The molecule has 0 atom stereocenters. The molecule has 0 aliphatic heterocycles. The van der Waals surface area contributed by atoms with E-state index in [2.05, 4.69) is 0 Å². The first-order valence-electron chi connectivity index (χ1n) is 3.34. The van der Waals surface area contributed by atoms with Crippen LogP contribution in [0.15, 0.2) is 0 Å². The summed E-state index contributed by atoms with van der Waals surface area (Å²) in [7, 11) is 0. The molecule has 0 heterocycles. The van der Waals surface area contributed by atoms with Crippen LogP contribution in [0.25, 0.3) is 0 Å². The van der Waals surface area contributed by atoms with Gasteiger partial charge < -0.3 is 31.3 Å². The van der Waals surface area contributed by atoms with Crippen molar-refractivity contribution in [2.24, 2.45) is 11.5 Å². The molecule has 0 saturated carbocycles. The van der Waals surface area contributed by atoms with Gasteiger partial charge in [0.25, 0.3) is 0 Å². The van der Waals surface area contributed by atoms with Crippen molar-refractivity contribution in [1.29, 1.82) is 0 Å². The Bertz CT molecular complexity index is 127. The quantitative estimate of drug-likeness (QED) is 0.485. The molecule has 0 amide bonds. The van der Waals surface area contributed by atoms with Gasteiger partial charge in [0.2, 0.25) is 0 Å². The van der Waals surface area contributed by atoms with Crippen LogP contribution in [0.4, 0.5) is 0 Å². The monoisotopic (exact) mass is 240 g/mol. The fourth-order valence-electron chi connectivity index (χ4n) is 0.204. The molecule has 72 valence electrons. The minimum absolute atomic E-state index is 0. The second kappa shape index (κ2) is 14.0. The standard InChI is InChI=1S/C4H6O4.C2H8N2.Zn/c5-3(6)1-2-4(7)8;3-1-2-4;/h1-2H2,(H,5,6)(H,7,8);1-4H2;/q;;+2/p-2. The third-order valence-corrected chi connectivity index (χ3v) is 0.700. The Hall–Kier alpha value is -0.517. The average molecular weight is 242 g/mol. The molecule has 0 aromatic carbocycles. The molecule has 0 fully saturated rings. The molecule has 0 radical (unpaired) electrons. The topological polar surface area (TPSA) is 132 Å². The fraction of sp³-hybridized carbons (Fsp3) is 0.667. The molecule has 0 saturated heterocycles. The summed E-state index contributed by atoms with van der Waals surface area (Å²) in [6, 6.07) is 0. The maximum absolute atomic E-state index is 9.50. The number of hydrogen-bond acceptors (Lipinski definition) is 6. The van der Waals surface area contributed by atoms with Crippen LogP contribution in [0, 0.1) is 0 Å². The predicted molar refractivity (Wildman–Crippen MR) is 37.4 cm³/mol. The second-order valence-corrected chi connectivity index (χ2v) is 1.82. The number of carboxylic acids is 2. The van der Waals surface area contributed by atoms with Crippen molar-refractivity contribution >= 4 is 11.9 Å². The van der Waals surface area contributed by atoms with E-state index in [-0.39, 0.29) is 19.5 Å². The Balaban J connectivity index is -0.000000173. The third kappa shape index (κ3) is 34.3. The molecule has 0 aromatic heterocycles. The van der Waals surface area contributed by atoms with Crippen LogP contribution in [0.1, 0.15) is 12.8 Å². The molecule has 4 N–H and O–H groups in total. The van der Waals surface area contributed by atoms with Crippen molar-refractivity contribution in [1.82, 2.24) is 0 Å². The van der Waals surface area contributed by atoms with Crippen LogP contribution in [0.5, 0.6) is 0 Å². The van der Waals surface area contributed by atoms with E-state index in [1.165, 1.54) is 0 Å². The second-order valence-electron chi connectivity index (χ2n) is 1.82. The number of aliphatic carboxylic acids is 2. The van der Waals surface area contributed by atoms with E-state index >= 15 is 0 Å². The summed E-state index contributed by atoms with van der Waals surface area (Å²) < 4.78 is 0. The van der Waals surface area contributed by atoms with Gasteiger partial charge in [0, 0.05) is 25.0 Å². The Morgan fingerprint density at radius 3 is 1.23 bits per heavy atom. The largest absolute Gasteiger partial charge is 2.00 e. The van der Waals surface area contributed by atoms with Gasteiger partial charge >= 0.3 is 19.5 Å². The summed E-state index contributed by atoms with van der Waals surface area (Å²) in [6.45, 7) is 1.19. The maximum atomic E-state index is 9.50. The molecule has 0 bridgehead atoms. The van der Waals surface area contributed by atoms with Crippen LogP contribution in [-0.4, -0.2) is 25.0 Å². The molecule has 0 rings (SSSR count). The van der Waals surface area contributed by atoms with Crippen molar-refractivity contribution in [3.8, 4) is 0 Å². The van der Waals surface area contributed by atoms with Gasteiger partial charge in [-0.25, -0.2) is 0 Å². The van der Waals surface area contributed by atoms with Crippen LogP contribution in [-0.2, 0) is 29.1 Å². The summed E-state index contributed by atoms with van der Waals surface area (Å²) in [5.74, 6) is -2.73. The van der Waals surface area contributed by atoms with Gasteiger partial charge in [-0.15, -0.1) is 0 Å². The van der Waals surface area contributed by atoms with Gasteiger partial charge in [-0.2, -0.15) is 0 Å². The SMILES string of the molecule is NCCN.O=C([O-])CCC(=O)[O-].[Zn+2]. The first-order chi connectivity index (χ1) is 5.54. The Labute approximate surface area is 89.0 Å². The number of carboxylic acid groups (broad SMARTS) is 2. The van der Waals surface area contributed by atoms with Gasteiger partial charge in [0.05, 0.1) is 0 Å². The maximum Gasteiger partial charge on any atom is 2.00 e. The summed E-state index contributed by atoms with van der Waals surface area (Å²) >= 11 is 0. The molecule has 0 unspecified atom stereocenters. The minimum atomic E-state index is -1.37. The van der Waals surface area contributed by atoms with Crippen molar-refractivity contribution in [3.05, 3.63) is 0 Å². The van der Waals surface area contributed by atoms with Crippen LogP contribution in [0.2, 0.25) is 0 Å². The molecule has 0 aliphatic carbocycles. The van der Waals surface area contributed by atoms with E-state index in [0.717, 1.165) is 0 Å². The molecule has 13 heavy (non-hydrogen) atoms. The van der Waals surface area contributed by atoms with E-state index < -0.39 is 24.8 Å². The zero-order valence-corrected chi connectivity index (χ0v) is 10.3. The van der Waals surface area contributed by atoms with E-state index in [0.29, 0.717) is 13.1 Å². The summed E-state index contributed by atoms with van der Waals surface area (Å²) in [5.41, 5.74) is 9.81. The van der Waals surface area contributed by atoms with E-state index in [4.69, 9.17) is 11.5 Å². The normalized spacial score (nSPS) is 7.54. The number of carbonyl (C=O) groups is 2. The number of rotatable bonds is 4. The first kappa shape index (κ1) is 18.3. The van der Waals surface area contributed by atoms with Crippen molar-refractivity contribution < 1.29 is 39.3 Å². The van der Waals surface area contributed by atoms with Crippen molar-refractivity contribution in [3.63, 3.8) is 0 Å². The molecule has 0 aromatic rings. The Morgan fingerprint density at radius 2 is 1.15 bits per heavy atom. The smallest absolute Gasteiger partial charge is 0.550 e. The zero-order chi connectivity index (χ0) is 9.98. The van der Waals surface area contributed by atoms with E-state index in [1.807, 2.05) is 0 Å². The van der Waals surface area contributed by atoms with Crippen LogP contribution in [0.3, 0.4) is 0 Å². The minimum Gasteiger partial charge on any atom is -0.550 e. The zero-order valence-electron chi connectivity index (χ0n) is 7.32. The van der Waals surface area contributed by atoms with Gasteiger partial charge in [-0.1, -0.05) is 0 Å². The summed E-state index contributed by atoms with van der Waals surface area (Å²) in [4.78, 5) is 19.0. The summed E-state index contributed by atoms with van der Waals surface area (Å²) in [6.07, 6.45) is -0.940. The number of hydrogen-bond donors (Lipinski definition) is 2.